The van der Waals surface area contributed by atoms with E-state index in [0.29, 0.717) is 36.6 Å². The molecule has 1 aromatic rings. The van der Waals surface area contributed by atoms with E-state index >= 15 is 0 Å². The number of nitro groups is 1. The highest BCUT2D eigenvalue weighted by atomic mass is 16.6. The Labute approximate surface area is 118 Å². The average Bonchev–Trinajstić information content (AvgIpc) is 2.39. The Morgan fingerprint density at radius 1 is 1.45 bits per heavy atom. The van der Waals surface area contributed by atoms with Gasteiger partial charge in [0.2, 0.25) is 0 Å². The zero-order valence-electron chi connectivity index (χ0n) is 11.9. The molecule has 0 saturated carbocycles. The molecule has 2 N–H and O–H groups in total. The molecule has 112 valence electrons. The minimum absolute atomic E-state index is 0.0313. The fourth-order valence-electron chi connectivity index (χ4n) is 1.90. The molecule has 0 aliphatic rings. The van der Waals surface area contributed by atoms with Crippen LogP contribution < -0.4 is 5.32 Å². The first kappa shape index (κ1) is 16.5. The maximum absolute atomic E-state index is 11.0. The molecule has 1 aromatic heterocycles. The van der Waals surface area contributed by atoms with Gasteiger partial charge in [0.05, 0.1) is 23.8 Å². The molecule has 0 fully saturated rings. The molecule has 0 saturated heterocycles. The molecule has 0 aliphatic heterocycles. The number of aryl methyl sites for hydroxylation is 1. The third-order valence-electron chi connectivity index (χ3n) is 2.93. The molecule has 0 aromatic carbocycles. The minimum atomic E-state index is -0.363. The van der Waals surface area contributed by atoms with E-state index in [-0.39, 0.29) is 17.2 Å². The largest absolute Gasteiger partial charge is 0.394 e. The van der Waals surface area contributed by atoms with Crippen LogP contribution in [0, 0.1) is 24.0 Å². The number of hydrogen-bond acceptors (Lipinski definition) is 6. The number of aromatic nitrogens is 1. The van der Waals surface area contributed by atoms with Crippen LogP contribution in [0.1, 0.15) is 23.2 Å². The second-order valence-corrected chi connectivity index (χ2v) is 4.48. The van der Waals surface area contributed by atoms with Crippen molar-refractivity contribution < 1.29 is 14.8 Å². The molecule has 1 rings (SSSR count). The van der Waals surface area contributed by atoms with Gasteiger partial charge in [-0.1, -0.05) is 0 Å². The summed E-state index contributed by atoms with van der Waals surface area (Å²) in [5, 5.41) is 22.7. The Hall–Kier alpha value is -1.57. The van der Waals surface area contributed by atoms with Gasteiger partial charge in [-0.25, -0.2) is 0 Å². The van der Waals surface area contributed by atoms with Crippen molar-refractivity contribution in [2.45, 2.75) is 26.8 Å². The molecule has 7 nitrogen and oxygen atoms in total. The van der Waals surface area contributed by atoms with Crippen LogP contribution in [0.2, 0.25) is 0 Å². The highest BCUT2D eigenvalue weighted by Crippen LogP contribution is 2.23. The highest BCUT2D eigenvalue weighted by molar-refractivity contribution is 5.47. The molecule has 0 radical (unpaired) electrons. The van der Waals surface area contributed by atoms with Gasteiger partial charge in [0.1, 0.15) is 0 Å². The van der Waals surface area contributed by atoms with Crippen LogP contribution in [0.3, 0.4) is 0 Å². The van der Waals surface area contributed by atoms with E-state index in [2.05, 4.69) is 10.3 Å². The van der Waals surface area contributed by atoms with E-state index in [1.165, 1.54) is 6.20 Å². The third kappa shape index (κ3) is 4.84. The van der Waals surface area contributed by atoms with Gasteiger partial charge >= 0.3 is 0 Å². The third-order valence-corrected chi connectivity index (χ3v) is 2.93. The summed E-state index contributed by atoms with van der Waals surface area (Å²) in [5.74, 6) is 0. The Bertz CT molecular complexity index is 451. The number of rotatable bonds is 9. The normalized spacial score (nSPS) is 10.8. The maximum atomic E-state index is 11.0. The summed E-state index contributed by atoms with van der Waals surface area (Å²) < 4.78 is 5.13. The first-order valence-corrected chi connectivity index (χ1v) is 6.56. The lowest BCUT2D eigenvalue weighted by Crippen LogP contribution is -2.18. The lowest BCUT2D eigenvalue weighted by molar-refractivity contribution is -0.386. The number of nitrogens with one attached hydrogen (secondary N) is 1. The van der Waals surface area contributed by atoms with Crippen LogP contribution >= 0.6 is 0 Å². The lowest BCUT2D eigenvalue weighted by atomic mass is 10.1. The van der Waals surface area contributed by atoms with Crippen molar-refractivity contribution in [2.75, 3.05) is 26.4 Å². The second-order valence-electron chi connectivity index (χ2n) is 4.48. The highest BCUT2D eigenvalue weighted by Gasteiger charge is 2.18. The zero-order chi connectivity index (χ0) is 15.0. The van der Waals surface area contributed by atoms with E-state index in [4.69, 9.17) is 9.84 Å². The van der Waals surface area contributed by atoms with Crippen molar-refractivity contribution in [3.63, 3.8) is 0 Å². The van der Waals surface area contributed by atoms with E-state index in [9.17, 15) is 10.1 Å². The number of hydrogen-bond donors (Lipinski definition) is 2. The molecule has 0 spiro atoms. The molecule has 0 aliphatic carbocycles. The van der Waals surface area contributed by atoms with Crippen molar-refractivity contribution in [1.29, 1.82) is 0 Å². The van der Waals surface area contributed by atoms with Crippen molar-refractivity contribution in [1.82, 2.24) is 10.3 Å². The standard InChI is InChI=1S/C13H21N3O4/c1-10-8-15-12(11(2)13(10)16(18)19)9-14-4-3-6-20-7-5-17/h8,14,17H,3-7,9H2,1-2H3. The van der Waals surface area contributed by atoms with E-state index in [1.54, 1.807) is 13.8 Å². The first-order valence-electron chi connectivity index (χ1n) is 6.56. The predicted octanol–water partition coefficient (Wildman–Crippen LogP) is 1.10. The first-order chi connectivity index (χ1) is 9.57. The van der Waals surface area contributed by atoms with Gasteiger partial charge in [-0.3, -0.25) is 15.1 Å². The number of aliphatic hydroxyl groups is 1. The van der Waals surface area contributed by atoms with Crippen LogP contribution in [0.15, 0.2) is 6.20 Å². The molecule has 1 heterocycles. The van der Waals surface area contributed by atoms with Crippen LogP contribution in [-0.4, -0.2) is 41.4 Å². The number of nitrogens with zero attached hydrogens (tertiary/aromatic N) is 2. The summed E-state index contributed by atoms with van der Waals surface area (Å²) in [6.07, 6.45) is 2.35. The smallest absolute Gasteiger partial charge is 0.278 e. The van der Waals surface area contributed by atoms with Gasteiger partial charge in [-0.05, 0) is 26.8 Å². The topological polar surface area (TPSA) is 97.5 Å². The van der Waals surface area contributed by atoms with Gasteiger partial charge in [-0.2, -0.15) is 0 Å². The summed E-state index contributed by atoms with van der Waals surface area (Å²) >= 11 is 0. The molecular formula is C13H21N3O4. The maximum Gasteiger partial charge on any atom is 0.278 e. The molecule has 0 unspecified atom stereocenters. The Kier molecular flexibility index (Phi) is 7.06. The zero-order valence-corrected chi connectivity index (χ0v) is 11.9. The van der Waals surface area contributed by atoms with Gasteiger partial charge in [0.25, 0.3) is 5.69 Å². The van der Waals surface area contributed by atoms with Crippen LogP contribution in [-0.2, 0) is 11.3 Å². The van der Waals surface area contributed by atoms with Crippen LogP contribution in [0.4, 0.5) is 5.69 Å². The molecule has 0 atom stereocenters. The van der Waals surface area contributed by atoms with E-state index in [1.807, 2.05) is 0 Å². The van der Waals surface area contributed by atoms with Crippen LogP contribution in [0.5, 0.6) is 0 Å². The lowest BCUT2D eigenvalue weighted by Gasteiger charge is -2.09. The summed E-state index contributed by atoms with van der Waals surface area (Å²) in [6.45, 7) is 5.59. The second kappa shape index (κ2) is 8.57. The average molecular weight is 283 g/mol. The van der Waals surface area contributed by atoms with Gasteiger partial charge < -0.3 is 15.2 Å². The van der Waals surface area contributed by atoms with Gasteiger partial charge in [-0.15, -0.1) is 0 Å². The fraction of sp³-hybridized carbons (Fsp3) is 0.615. The summed E-state index contributed by atoms with van der Waals surface area (Å²) in [5.41, 5.74) is 2.02. The Morgan fingerprint density at radius 3 is 2.85 bits per heavy atom. The molecule has 0 bridgehead atoms. The quantitative estimate of drug-likeness (QED) is 0.400. The van der Waals surface area contributed by atoms with Crippen molar-refractivity contribution in [3.8, 4) is 0 Å². The predicted molar refractivity (Wildman–Crippen MR) is 74.6 cm³/mol. The van der Waals surface area contributed by atoms with E-state index in [0.717, 1.165) is 13.0 Å². The van der Waals surface area contributed by atoms with Crippen molar-refractivity contribution in [2.24, 2.45) is 0 Å². The van der Waals surface area contributed by atoms with Gasteiger partial charge in [0, 0.05) is 30.5 Å². The minimum Gasteiger partial charge on any atom is -0.394 e. The molecule has 0 amide bonds. The Morgan fingerprint density at radius 2 is 2.20 bits per heavy atom. The summed E-state index contributed by atoms with van der Waals surface area (Å²) in [7, 11) is 0. The molecule has 7 heteroatoms. The van der Waals surface area contributed by atoms with Crippen molar-refractivity contribution >= 4 is 5.69 Å². The fourth-order valence-corrected chi connectivity index (χ4v) is 1.90. The number of ether oxygens (including phenoxy) is 1. The summed E-state index contributed by atoms with van der Waals surface area (Å²) in [4.78, 5) is 14.9. The SMILES string of the molecule is Cc1cnc(CNCCCOCCO)c(C)c1[N+](=O)[O-]. The van der Waals surface area contributed by atoms with Crippen molar-refractivity contribution in [3.05, 3.63) is 33.1 Å². The molecular weight excluding hydrogens is 262 g/mol. The molecule has 20 heavy (non-hydrogen) atoms. The Balaban J connectivity index is 2.45. The van der Waals surface area contributed by atoms with Crippen LogP contribution in [0.25, 0.3) is 0 Å². The van der Waals surface area contributed by atoms with E-state index < -0.39 is 0 Å². The monoisotopic (exact) mass is 283 g/mol. The van der Waals surface area contributed by atoms with Gasteiger partial charge in [0.15, 0.2) is 0 Å². The summed E-state index contributed by atoms with van der Waals surface area (Å²) in [6, 6.07) is 0. The number of pyridine rings is 1. The number of aliphatic hydroxyl groups excluding tert-OH is 1.